The molecule has 0 aromatic heterocycles. The van der Waals surface area contributed by atoms with Gasteiger partial charge in [-0.05, 0) is 31.2 Å². The van der Waals surface area contributed by atoms with E-state index in [0.717, 1.165) is 25.6 Å². The van der Waals surface area contributed by atoms with Gasteiger partial charge < -0.3 is 10.2 Å². The number of nitrogens with zero attached hydrogens (tertiary/aromatic N) is 2. The predicted octanol–water partition coefficient (Wildman–Crippen LogP) is 1.96. The van der Waals surface area contributed by atoms with E-state index in [1.807, 2.05) is 0 Å². The van der Waals surface area contributed by atoms with E-state index in [0.29, 0.717) is 44.4 Å². The van der Waals surface area contributed by atoms with Crippen LogP contribution in [-0.4, -0.2) is 61.0 Å². The van der Waals surface area contributed by atoms with Gasteiger partial charge in [0, 0.05) is 44.3 Å². The first-order valence-corrected chi connectivity index (χ1v) is 7.97. The number of nitrogens with one attached hydrogen (secondary N) is 1. The molecule has 0 bridgehead atoms. The number of alkyl halides is 3. The first kappa shape index (κ1) is 17.2. The lowest BCUT2D eigenvalue weighted by Crippen LogP contribution is -2.52. The highest BCUT2D eigenvalue weighted by Crippen LogP contribution is 2.32. The van der Waals surface area contributed by atoms with Gasteiger partial charge in [0.25, 0.3) is 5.91 Å². The number of amides is 1. The first-order valence-electron chi connectivity index (χ1n) is 7.97. The quantitative estimate of drug-likeness (QED) is 0.833. The monoisotopic (exact) mass is 345 g/mol. The summed E-state index contributed by atoms with van der Waals surface area (Å²) in [5.74, 6) is -1.85. The number of piperazine rings is 1. The summed E-state index contributed by atoms with van der Waals surface area (Å²) >= 11 is 0. The number of carbonyl (C=O) groups is 1. The molecule has 132 valence electrons. The molecule has 1 aromatic carbocycles. The predicted molar refractivity (Wildman–Crippen MR) is 80.2 cm³/mol. The maximum Gasteiger partial charge on any atom is 0.419 e. The average molecular weight is 345 g/mol. The fourth-order valence-corrected chi connectivity index (χ4v) is 3.30. The minimum Gasteiger partial charge on any atom is -0.336 e. The fourth-order valence-electron chi connectivity index (χ4n) is 3.30. The largest absolute Gasteiger partial charge is 0.419 e. The maximum absolute atomic E-state index is 13.3. The zero-order valence-corrected chi connectivity index (χ0v) is 13.1. The van der Waals surface area contributed by atoms with Crippen LogP contribution >= 0.6 is 0 Å². The number of halogens is 4. The molecule has 3 rings (SSSR count). The lowest BCUT2D eigenvalue weighted by atomic mass is 10.1. The van der Waals surface area contributed by atoms with Crippen LogP contribution in [0.1, 0.15) is 22.3 Å². The number of hydrogen-bond donors (Lipinski definition) is 1. The third-order valence-electron chi connectivity index (χ3n) is 4.67. The Labute approximate surface area is 137 Å². The van der Waals surface area contributed by atoms with Crippen molar-refractivity contribution in [2.75, 3.05) is 39.3 Å². The Morgan fingerprint density at radius 3 is 2.46 bits per heavy atom. The van der Waals surface area contributed by atoms with Crippen LogP contribution < -0.4 is 5.32 Å². The molecular formula is C16H19F4N3O. The third kappa shape index (κ3) is 3.54. The molecule has 4 nitrogen and oxygen atoms in total. The molecule has 1 N–H and O–H groups in total. The van der Waals surface area contributed by atoms with Crippen LogP contribution in [0.3, 0.4) is 0 Å². The molecule has 2 heterocycles. The molecule has 0 radical (unpaired) electrons. The second kappa shape index (κ2) is 6.68. The number of carbonyl (C=O) groups excluding carboxylic acids is 1. The van der Waals surface area contributed by atoms with E-state index in [9.17, 15) is 22.4 Å². The van der Waals surface area contributed by atoms with Gasteiger partial charge in [-0.15, -0.1) is 0 Å². The van der Waals surface area contributed by atoms with Crippen LogP contribution in [0.15, 0.2) is 18.2 Å². The standard InChI is InChI=1S/C16H19F4N3O/c17-14-2-1-11(9-13(14)16(18,19)20)15(24)23-7-5-22(6-8-23)12-3-4-21-10-12/h1-2,9,12,21H,3-8,10H2. The fraction of sp³-hybridized carbons (Fsp3) is 0.562. The van der Waals surface area contributed by atoms with Crippen LogP contribution in [0.5, 0.6) is 0 Å². The zero-order valence-electron chi connectivity index (χ0n) is 13.1. The molecule has 8 heteroatoms. The van der Waals surface area contributed by atoms with E-state index in [-0.39, 0.29) is 5.56 Å². The summed E-state index contributed by atoms with van der Waals surface area (Å²) in [7, 11) is 0. The highest BCUT2D eigenvalue weighted by molar-refractivity contribution is 5.94. The Morgan fingerprint density at radius 2 is 1.88 bits per heavy atom. The summed E-state index contributed by atoms with van der Waals surface area (Å²) in [6, 6.07) is 2.88. The highest BCUT2D eigenvalue weighted by atomic mass is 19.4. The van der Waals surface area contributed by atoms with Crippen LogP contribution in [0.25, 0.3) is 0 Å². The number of hydrogen-bond acceptors (Lipinski definition) is 3. The Balaban J connectivity index is 1.67. The van der Waals surface area contributed by atoms with Gasteiger partial charge in [0.05, 0.1) is 5.56 Å². The van der Waals surface area contributed by atoms with E-state index < -0.39 is 23.5 Å². The van der Waals surface area contributed by atoms with E-state index >= 15 is 0 Å². The van der Waals surface area contributed by atoms with Crippen LogP contribution in [0.2, 0.25) is 0 Å². The van der Waals surface area contributed by atoms with Gasteiger partial charge in [0.1, 0.15) is 5.82 Å². The van der Waals surface area contributed by atoms with Crippen LogP contribution in [0.4, 0.5) is 17.6 Å². The second-order valence-corrected chi connectivity index (χ2v) is 6.17. The van der Waals surface area contributed by atoms with Crippen molar-refractivity contribution in [3.8, 4) is 0 Å². The number of rotatable bonds is 2. The van der Waals surface area contributed by atoms with Gasteiger partial charge in [0.15, 0.2) is 0 Å². The van der Waals surface area contributed by atoms with Gasteiger partial charge in [-0.2, -0.15) is 13.2 Å². The molecule has 1 unspecified atom stereocenters. The van der Waals surface area contributed by atoms with E-state index in [1.165, 1.54) is 4.90 Å². The molecule has 1 amide bonds. The normalized spacial score (nSPS) is 22.8. The molecule has 1 aromatic rings. The summed E-state index contributed by atoms with van der Waals surface area (Å²) in [6.45, 7) is 4.25. The minimum atomic E-state index is -4.81. The minimum absolute atomic E-state index is 0.125. The summed E-state index contributed by atoms with van der Waals surface area (Å²) in [5, 5.41) is 3.29. The van der Waals surface area contributed by atoms with E-state index in [4.69, 9.17) is 0 Å². The maximum atomic E-state index is 13.3. The molecule has 2 aliphatic rings. The summed E-state index contributed by atoms with van der Waals surface area (Å²) < 4.78 is 51.7. The van der Waals surface area contributed by atoms with Crippen molar-refractivity contribution in [2.45, 2.75) is 18.6 Å². The number of benzene rings is 1. The third-order valence-corrected chi connectivity index (χ3v) is 4.67. The molecule has 2 aliphatic heterocycles. The molecule has 0 saturated carbocycles. The van der Waals surface area contributed by atoms with Gasteiger partial charge >= 0.3 is 6.18 Å². The Bertz CT molecular complexity index is 606. The lowest BCUT2D eigenvalue weighted by Gasteiger charge is -2.37. The van der Waals surface area contributed by atoms with Gasteiger partial charge in [-0.3, -0.25) is 9.69 Å². The average Bonchev–Trinajstić information content (AvgIpc) is 3.08. The second-order valence-electron chi connectivity index (χ2n) is 6.17. The van der Waals surface area contributed by atoms with Crippen LogP contribution in [0, 0.1) is 5.82 Å². The van der Waals surface area contributed by atoms with Crippen molar-refractivity contribution in [1.29, 1.82) is 0 Å². The SMILES string of the molecule is O=C(c1ccc(F)c(C(F)(F)F)c1)N1CCN(C2CCNC2)CC1. The smallest absolute Gasteiger partial charge is 0.336 e. The molecule has 1 atom stereocenters. The summed E-state index contributed by atoms with van der Waals surface area (Å²) in [5.41, 5.74) is -1.52. The van der Waals surface area contributed by atoms with Crippen molar-refractivity contribution < 1.29 is 22.4 Å². The van der Waals surface area contributed by atoms with Crippen molar-refractivity contribution >= 4 is 5.91 Å². The van der Waals surface area contributed by atoms with E-state index in [1.54, 1.807) is 0 Å². The first-order chi connectivity index (χ1) is 11.4. The van der Waals surface area contributed by atoms with Crippen molar-refractivity contribution in [1.82, 2.24) is 15.1 Å². The Morgan fingerprint density at radius 1 is 1.17 bits per heavy atom. The molecule has 2 saturated heterocycles. The van der Waals surface area contributed by atoms with Gasteiger partial charge in [-0.1, -0.05) is 0 Å². The summed E-state index contributed by atoms with van der Waals surface area (Å²) in [4.78, 5) is 16.3. The lowest BCUT2D eigenvalue weighted by molar-refractivity contribution is -0.140. The molecule has 0 aliphatic carbocycles. The molecular weight excluding hydrogens is 326 g/mol. The molecule has 0 spiro atoms. The Kier molecular flexibility index (Phi) is 4.78. The van der Waals surface area contributed by atoms with Crippen molar-refractivity contribution in [3.63, 3.8) is 0 Å². The molecule has 24 heavy (non-hydrogen) atoms. The zero-order chi connectivity index (χ0) is 17.3. The molecule has 2 fully saturated rings. The topological polar surface area (TPSA) is 35.6 Å². The van der Waals surface area contributed by atoms with Gasteiger partial charge in [-0.25, -0.2) is 4.39 Å². The Hall–Kier alpha value is -1.67. The van der Waals surface area contributed by atoms with E-state index in [2.05, 4.69) is 10.2 Å². The van der Waals surface area contributed by atoms with Crippen molar-refractivity contribution in [3.05, 3.63) is 35.1 Å². The summed E-state index contributed by atoms with van der Waals surface area (Å²) in [6.07, 6.45) is -3.74. The van der Waals surface area contributed by atoms with Gasteiger partial charge in [0.2, 0.25) is 0 Å². The van der Waals surface area contributed by atoms with Crippen molar-refractivity contribution in [2.24, 2.45) is 0 Å². The highest BCUT2D eigenvalue weighted by Gasteiger charge is 2.35. The van der Waals surface area contributed by atoms with Crippen LogP contribution in [-0.2, 0) is 6.18 Å².